The molecule has 0 bridgehead atoms. The molecule has 1 fully saturated rings. The normalized spacial score (nSPS) is 17.3. The van der Waals surface area contributed by atoms with Gasteiger partial charge in [0.25, 0.3) is 0 Å². The van der Waals surface area contributed by atoms with Gasteiger partial charge in [-0.1, -0.05) is 30.3 Å². The van der Waals surface area contributed by atoms with Crippen LogP contribution < -0.4 is 0 Å². The number of carbonyl (C=O) groups excluding carboxylic acids is 1. The van der Waals surface area contributed by atoms with E-state index in [0.717, 1.165) is 25.4 Å². The van der Waals surface area contributed by atoms with E-state index >= 15 is 0 Å². The quantitative estimate of drug-likeness (QED) is 0.822. The average Bonchev–Trinajstić information content (AvgIpc) is 3.21. The minimum atomic E-state index is 0.162. The molecule has 1 aliphatic rings. The molecule has 0 saturated carbocycles. The fourth-order valence-electron chi connectivity index (χ4n) is 2.86. The summed E-state index contributed by atoms with van der Waals surface area (Å²) in [5.74, 6) is 1.44. The molecule has 3 rings (SSSR count). The first-order chi connectivity index (χ1) is 11.2. The van der Waals surface area contributed by atoms with Gasteiger partial charge in [0.15, 0.2) is 0 Å². The summed E-state index contributed by atoms with van der Waals surface area (Å²) >= 11 is 0. The Hall–Kier alpha value is -2.14. The number of ether oxygens (including phenoxy) is 1. The van der Waals surface area contributed by atoms with E-state index in [2.05, 4.69) is 21.7 Å². The van der Waals surface area contributed by atoms with Crippen LogP contribution in [0.1, 0.15) is 24.2 Å². The van der Waals surface area contributed by atoms with Crippen molar-refractivity contribution < 1.29 is 9.53 Å². The monoisotopic (exact) mass is 313 g/mol. The van der Waals surface area contributed by atoms with Crippen molar-refractivity contribution in [2.75, 3.05) is 20.3 Å². The first kappa shape index (κ1) is 15.7. The Bertz CT molecular complexity index is 633. The highest BCUT2D eigenvalue weighted by Gasteiger charge is 2.21. The van der Waals surface area contributed by atoms with Crippen molar-refractivity contribution in [3.8, 4) is 0 Å². The molecular weight excluding hydrogens is 290 g/mol. The predicted octanol–water partition coefficient (Wildman–Crippen LogP) is 2.32. The maximum absolute atomic E-state index is 12.3. The third-order valence-electron chi connectivity index (χ3n) is 4.29. The summed E-state index contributed by atoms with van der Waals surface area (Å²) in [5, 5.41) is 0. The van der Waals surface area contributed by atoms with Gasteiger partial charge < -0.3 is 14.2 Å². The highest BCUT2D eigenvalue weighted by molar-refractivity contribution is 5.76. The largest absolute Gasteiger partial charge is 0.381 e. The van der Waals surface area contributed by atoms with Crippen LogP contribution in [0.5, 0.6) is 0 Å². The molecule has 1 aromatic carbocycles. The molecule has 0 aliphatic carbocycles. The SMILES string of the molecule is CN(Cc1nccn1Cc1ccccc1)C(=O)C[C@@H]1CCOC1. The van der Waals surface area contributed by atoms with Crippen molar-refractivity contribution in [1.29, 1.82) is 0 Å². The van der Waals surface area contributed by atoms with E-state index in [1.54, 1.807) is 11.1 Å². The predicted molar refractivity (Wildman–Crippen MR) is 87.8 cm³/mol. The van der Waals surface area contributed by atoms with Crippen molar-refractivity contribution in [2.45, 2.75) is 25.9 Å². The summed E-state index contributed by atoms with van der Waals surface area (Å²) in [5.41, 5.74) is 1.23. The van der Waals surface area contributed by atoms with Crippen LogP contribution in [0.4, 0.5) is 0 Å². The van der Waals surface area contributed by atoms with E-state index in [1.165, 1.54) is 5.56 Å². The smallest absolute Gasteiger partial charge is 0.223 e. The van der Waals surface area contributed by atoms with E-state index < -0.39 is 0 Å². The van der Waals surface area contributed by atoms with Crippen LogP contribution in [0.2, 0.25) is 0 Å². The molecular formula is C18H23N3O2. The Kier molecular flexibility index (Phi) is 5.08. The fraction of sp³-hybridized carbons (Fsp3) is 0.444. The van der Waals surface area contributed by atoms with Crippen molar-refractivity contribution in [3.63, 3.8) is 0 Å². The fourth-order valence-corrected chi connectivity index (χ4v) is 2.86. The van der Waals surface area contributed by atoms with Gasteiger partial charge in [0.2, 0.25) is 5.91 Å². The number of hydrogen-bond donors (Lipinski definition) is 0. The molecule has 0 N–H and O–H groups in total. The van der Waals surface area contributed by atoms with Gasteiger partial charge in [-0.3, -0.25) is 4.79 Å². The van der Waals surface area contributed by atoms with Crippen LogP contribution >= 0.6 is 0 Å². The van der Waals surface area contributed by atoms with E-state index in [4.69, 9.17) is 4.74 Å². The minimum Gasteiger partial charge on any atom is -0.381 e. The molecule has 23 heavy (non-hydrogen) atoms. The second-order valence-corrected chi connectivity index (χ2v) is 6.14. The van der Waals surface area contributed by atoms with Gasteiger partial charge in [-0.15, -0.1) is 0 Å². The number of benzene rings is 1. The van der Waals surface area contributed by atoms with Crippen LogP contribution in [0.3, 0.4) is 0 Å². The maximum atomic E-state index is 12.3. The zero-order valence-electron chi connectivity index (χ0n) is 13.5. The molecule has 1 amide bonds. The van der Waals surface area contributed by atoms with Gasteiger partial charge in [-0.2, -0.15) is 0 Å². The van der Waals surface area contributed by atoms with Crippen molar-refractivity contribution >= 4 is 5.91 Å². The average molecular weight is 313 g/mol. The first-order valence-electron chi connectivity index (χ1n) is 8.08. The van der Waals surface area contributed by atoms with Gasteiger partial charge >= 0.3 is 0 Å². The Labute approximate surface area is 136 Å². The lowest BCUT2D eigenvalue weighted by molar-refractivity contribution is -0.131. The van der Waals surface area contributed by atoms with Gasteiger partial charge in [0.05, 0.1) is 6.54 Å². The molecule has 2 aromatic rings. The molecule has 5 heteroatoms. The van der Waals surface area contributed by atoms with Gasteiger partial charge in [-0.25, -0.2) is 4.98 Å². The Morgan fingerprint density at radius 1 is 1.39 bits per heavy atom. The molecule has 1 aliphatic heterocycles. The lowest BCUT2D eigenvalue weighted by Crippen LogP contribution is -2.29. The third kappa shape index (κ3) is 4.20. The van der Waals surface area contributed by atoms with E-state index in [0.29, 0.717) is 25.5 Å². The molecule has 2 heterocycles. The highest BCUT2D eigenvalue weighted by atomic mass is 16.5. The molecule has 0 spiro atoms. The minimum absolute atomic E-state index is 0.162. The standard InChI is InChI=1S/C18H23N3O2/c1-20(18(22)11-16-7-10-23-14-16)13-17-19-8-9-21(17)12-15-5-3-2-4-6-15/h2-6,8-9,16H,7,10-14H2,1H3/t16-/m0/s1. The zero-order valence-corrected chi connectivity index (χ0v) is 13.5. The first-order valence-corrected chi connectivity index (χ1v) is 8.08. The van der Waals surface area contributed by atoms with E-state index in [-0.39, 0.29) is 5.91 Å². The lowest BCUT2D eigenvalue weighted by Gasteiger charge is -2.19. The summed E-state index contributed by atoms with van der Waals surface area (Å²) in [4.78, 5) is 18.5. The highest BCUT2D eigenvalue weighted by Crippen LogP contribution is 2.17. The number of imidazole rings is 1. The number of aromatic nitrogens is 2. The molecule has 5 nitrogen and oxygen atoms in total. The van der Waals surface area contributed by atoms with E-state index in [9.17, 15) is 4.79 Å². The summed E-state index contributed by atoms with van der Waals surface area (Å²) in [6.07, 6.45) is 5.31. The van der Waals surface area contributed by atoms with Crippen molar-refractivity contribution in [1.82, 2.24) is 14.5 Å². The summed E-state index contributed by atoms with van der Waals surface area (Å²) in [6, 6.07) is 10.3. The van der Waals surface area contributed by atoms with Crippen LogP contribution in [0, 0.1) is 5.92 Å². The number of amides is 1. The molecule has 0 radical (unpaired) electrons. The topological polar surface area (TPSA) is 47.4 Å². The molecule has 0 unspecified atom stereocenters. The summed E-state index contributed by atoms with van der Waals surface area (Å²) in [6.45, 7) is 2.80. The molecule has 122 valence electrons. The van der Waals surface area contributed by atoms with Crippen LogP contribution in [-0.4, -0.2) is 40.6 Å². The van der Waals surface area contributed by atoms with Crippen LogP contribution in [0.15, 0.2) is 42.7 Å². The lowest BCUT2D eigenvalue weighted by atomic mass is 10.0. The molecule has 1 saturated heterocycles. The maximum Gasteiger partial charge on any atom is 0.223 e. The summed E-state index contributed by atoms with van der Waals surface area (Å²) in [7, 11) is 1.85. The van der Waals surface area contributed by atoms with Crippen LogP contribution in [0.25, 0.3) is 0 Å². The summed E-state index contributed by atoms with van der Waals surface area (Å²) < 4.78 is 7.44. The number of nitrogens with zero attached hydrogens (tertiary/aromatic N) is 3. The molecule has 1 aromatic heterocycles. The third-order valence-corrected chi connectivity index (χ3v) is 4.29. The van der Waals surface area contributed by atoms with Gasteiger partial charge in [-0.05, 0) is 17.9 Å². The zero-order chi connectivity index (χ0) is 16.1. The second kappa shape index (κ2) is 7.42. The van der Waals surface area contributed by atoms with Crippen molar-refractivity contribution in [3.05, 3.63) is 54.1 Å². The number of carbonyl (C=O) groups is 1. The second-order valence-electron chi connectivity index (χ2n) is 6.14. The Morgan fingerprint density at radius 2 is 2.22 bits per heavy atom. The van der Waals surface area contributed by atoms with Gasteiger partial charge in [0.1, 0.15) is 5.82 Å². The molecule has 1 atom stereocenters. The van der Waals surface area contributed by atoms with Gasteiger partial charge in [0, 0.05) is 45.6 Å². The Morgan fingerprint density at radius 3 is 2.96 bits per heavy atom. The number of hydrogen-bond acceptors (Lipinski definition) is 3. The Balaban J connectivity index is 1.59. The number of rotatable bonds is 6. The van der Waals surface area contributed by atoms with Crippen LogP contribution in [-0.2, 0) is 22.6 Å². The van der Waals surface area contributed by atoms with Crippen molar-refractivity contribution in [2.24, 2.45) is 5.92 Å². The van der Waals surface area contributed by atoms with E-state index in [1.807, 2.05) is 31.4 Å².